The number of carbonyl (C=O) groups excluding carboxylic acids is 1. The molecule has 1 aromatic carbocycles. The van der Waals surface area contributed by atoms with E-state index in [4.69, 9.17) is 4.74 Å². The first-order chi connectivity index (χ1) is 7.81. The van der Waals surface area contributed by atoms with Crippen LogP contribution in [0.2, 0.25) is 0 Å². The summed E-state index contributed by atoms with van der Waals surface area (Å²) in [7, 11) is 1.41. The van der Waals surface area contributed by atoms with Gasteiger partial charge < -0.3 is 10.1 Å². The van der Waals surface area contributed by atoms with Crippen molar-refractivity contribution in [2.75, 3.05) is 13.7 Å². The molecule has 1 saturated heterocycles. The molecule has 0 radical (unpaired) electrons. The van der Waals surface area contributed by atoms with Gasteiger partial charge >= 0.3 is 5.97 Å². The average molecular weight is 219 g/mol. The second-order valence-corrected chi connectivity index (χ2v) is 4.12. The summed E-state index contributed by atoms with van der Waals surface area (Å²) in [6, 6.07) is 8.08. The Morgan fingerprint density at radius 1 is 1.44 bits per heavy atom. The number of methoxy groups -OCH3 is 1. The molecular formula is C13H17NO2. The van der Waals surface area contributed by atoms with E-state index in [2.05, 4.69) is 11.4 Å². The van der Waals surface area contributed by atoms with Crippen LogP contribution in [0.1, 0.15) is 41.2 Å². The smallest absolute Gasteiger partial charge is 0.337 e. The minimum absolute atomic E-state index is 0.266. The summed E-state index contributed by atoms with van der Waals surface area (Å²) in [4.78, 5) is 11.4. The van der Waals surface area contributed by atoms with Gasteiger partial charge in [-0.15, -0.1) is 0 Å². The molecule has 0 saturated carbocycles. The number of esters is 1. The van der Waals surface area contributed by atoms with Crippen LogP contribution < -0.4 is 5.32 Å². The maximum Gasteiger partial charge on any atom is 0.337 e. The number of piperidine rings is 1. The van der Waals surface area contributed by atoms with Crippen molar-refractivity contribution >= 4 is 5.97 Å². The molecule has 1 aliphatic heterocycles. The second kappa shape index (κ2) is 5.12. The zero-order valence-electron chi connectivity index (χ0n) is 9.53. The van der Waals surface area contributed by atoms with Gasteiger partial charge in [0.1, 0.15) is 0 Å². The predicted octanol–water partition coefficient (Wildman–Crippen LogP) is 2.29. The van der Waals surface area contributed by atoms with Crippen molar-refractivity contribution in [2.45, 2.75) is 25.3 Å². The fraction of sp³-hybridized carbons (Fsp3) is 0.462. The van der Waals surface area contributed by atoms with Gasteiger partial charge in [0.15, 0.2) is 0 Å². The molecule has 1 atom stereocenters. The Kier molecular flexibility index (Phi) is 3.57. The molecule has 0 bridgehead atoms. The van der Waals surface area contributed by atoms with E-state index in [9.17, 15) is 4.79 Å². The summed E-state index contributed by atoms with van der Waals surface area (Å²) < 4.78 is 4.72. The normalized spacial score (nSPS) is 20.4. The Morgan fingerprint density at radius 3 is 3.00 bits per heavy atom. The van der Waals surface area contributed by atoms with Crippen LogP contribution in [0.15, 0.2) is 24.3 Å². The number of carbonyl (C=O) groups is 1. The van der Waals surface area contributed by atoms with Gasteiger partial charge in [0.05, 0.1) is 12.7 Å². The molecule has 0 spiro atoms. The molecule has 0 aliphatic carbocycles. The lowest BCUT2D eigenvalue weighted by atomic mass is 9.96. The Balaban J connectivity index is 2.17. The average Bonchev–Trinajstić information content (AvgIpc) is 2.39. The van der Waals surface area contributed by atoms with Crippen molar-refractivity contribution in [1.29, 1.82) is 0 Å². The Hall–Kier alpha value is -1.35. The summed E-state index contributed by atoms with van der Waals surface area (Å²) in [5.41, 5.74) is 1.81. The fourth-order valence-electron chi connectivity index (χ4n) is 2.14. The van der Waals surface area contributed by atoms with Crippen LogP contribution in [-0.4, -0.2) is 19.6 Å². The minimum atomic E-state index is -0.266. The molecule has 1 aromatic rings. The maximum absolute atomic E-state index is 11.4. The number of rotatable bonds is 2. The van der Waals surface area contributed by atoms with Gasteiger partial charge in [0.25, 0.3) is 0 Å². The molecule has 2 rings (SSSR count). The van der Waals surface area contributed by atoms with Crippen LogP contribution in [0.3, 0.4) is 0 Å². The van der Waals surface area contributed by atoms with Crippen molar-refractivity contribution in [1.82, 2.24) is 5.32 Å². The minimum Gasteiger partial charge on any atom is -0.465 e. The van der Waals surface area contributed by atoms with E-state index in [1.54, 1.807) is 6.07 Å². The lowest BCUT2D eigenvalue weighted by molar-refractivity contribution is 0.0600. The number of nitrogens with one attached hydrogen (secondary N) is 1. The molecule has 16 heavy (non-hydrogen) atoms. The highest BCUT2D eigenvalue weighted by atomic mass is 16.5. The van der Waals surface area contributed by atoms with Crippen LogP contribution >= 0.6 is 0 Å². The first-order valence-electron chi connectivity index (χ1n) is 5.73. The molecule has 1 aliphatic rings. The molecule has 3 heteroatoms. The van der Waals surface area contributed by atoms with Gasteiger partial charge in [-0.3, -0.25) is 0 Å². The van der Waals surface area contributed by atoms with E-state index < -0.39 is 0 Å². The summed E-state index contributed by atoms with van der Waals surface area (Å²) in [6.07, 6.45) is 3.64. The molecule has 1 fully saturated rings. The molecule has 0 unspecified atom stereocenters. The highest BCUT2D eigenvalue weighted by Gasteiger charge is 2.15. The van der Waals surface area contributed by atoms with Gasteiger partial charge in [-0.2, -0.15) is 0 Å². The summed E-state index contributed by atoms with van der Waals surface area (Å²) in [5, 5.41) is 3.47. The number of hydrogen-bond acceptors (Lipinski definition) is 3. The quantitative estimate of drug-likeness (QED) is 0.775. The van der Waals surface area contributed by atoms with Crippen LogP contribution in [0, 0.1) is 0 Å². The van der Waals surface area contributed by atoms with Crippen molar-refractivity contribution in [3.63, 3.8) is 0 Å². The van der Waals surface area contributed by atoms with Gasteiger partial charge in [-0.05, 0) is 37.1 Å². The highest BCUT2D eigenvalue weighted by molar-refractivity contribution is 5.89. The largest absolute Gasteiger partial charge is 0.465 e. The summed E-state index contributed by atoms with van der Waals surface area (Å²) in [5.74, 6) is -0.266. The Morgan fingerprint density at radius 2 is 2.31 bits per heavy atom. The molecule has 86 valence electrons. The molecule has 0 amide bonds. The second-order valence-electron chi connectivity index (χ2n) is 4.12. The first-order valence-corrected chi connectivity index (χ1v) is 5.73. The monoisotopic (exact) mass is 219 g/mol. The van der Waals surface area contributed by atoms with Gasteiger partial charge in [0.2, 0.25) is 0 Å². The van der Waals surface area contributed by atoms with Crippen LogP contribution in [-0.2, 0) is 4.74 Å². The fourth-order valence-corrected chi connectivity index (χ4v) is 2.14. The van der Waals surface area contributed by atoms with Gasteiger partial charge in [0, 0.05) is 6.04 Å². The van der Waals surface area contributed by atoms with Crippen LogP contribution in [0.25, 0.3) is 0 Å². The van der Waals surface area contributed by atoms with Crippen molar-refractivity contribution in [2.24, 2.45) is 0 Å². The van der Waals surface area contributed by atoms with Crippen LogP contribution in [0.5, 0.6) is 0 Å². The lowest BCUT2D eigenvalue weighted by Gasteiger charge is -2.24. The predicted molar refractivity (Wildman–Crippen MR) is 62.4 cm³/mol. The SMILES string of the molecule is COC(=O)c1cccc([C@H]2CCCCN2)c1. The molecule has 3 nitrogen and oxygen atoms in total. The zero-order chi connectivity index (χ0) is 11.4. The third-order valence-electron chi connectivity index (χ3n) is 3.02. The highest BCUT2D eigenvalue weighted by Crippen LogP contribution is 2.23. The van der Waals surface area contributed by atoms with E-state index in [1.165, 1.54) is 25.5 Å². The number of hydrogen-bond donors (Lipinski definition) is 1. The van der Waals surface area contributed by atoms with Gasteiger partial charge in [-0.25, -0.2) is 4.79 Å². The maximum atomic E-state index is 11.4. The number of benzene rings is 1. The first kappa shape index (κ1) is 11.1. The molecule has 1 heterocycles. The van der Waals surface area contributed by atoms with E-state index in [-0.39, 0.29) is 5.97 Å². The Bertz CT molecular complexity index is 370. The topological polar surface area (TPSA) is 38.3 Å². The third kappa shape index (κ3) is 2.42. The van der Waals surface area contributed by atoms with E-state index in [0.717, 1.165) is 13.0 Å². The lowest BCUT2D eigenvalue weighted by Crippen LogP contribution is -2.26. The van der Waals surface area contributed by atoms with Crippen molar-refractivity contribution in [3.05, 3.63) is 35.4 Å². The summed E-state index contributed by atoms with van der Waals surface area (Å²) in [6.45, 7) is 1.06. The third-order valence-corrected chi connectivity index (χ3v) is 3.02. The standard InChI is InChI=1S/C13H17NO2/c1-16-13(15)11-6-4-5-10(9-11)12-7-2-3-8-14-12/h4-6,9,12,14H,2-3,7-8H2,1H3/t12-/m1/s1. The van der Waals surface area contributed by atoms with E-state index >= 15 is 0 Å². The van der Waals surface area contributed by atoms with Crippen molar-refractivity contribution < 1.29 is 9.53 Å². The van der Waals surface area contributed by atoms with Crippen molar-refractivity contribution in [3.8, 4) is 0 Å². The molecular weight excluding hydrogens is 202 g/mol. The number of ether oxygens (including phenoxy) is 1. The van der Waals surface area contributed by atoms with Gasteiger partial charge in [-0.1, -0.05) is 18.6 Å². The zero-order valence-corrected chi connectivity index (χ0v) is 9.53. The molecule has 0 aromatic heterocycles. The van der Waals surface area contributed by atoms with E-state index in [1.807, 2.05) is 12.1 Å². The van der Waals surface area contributed by atoms with E-state index in [0.29, 0.717) is 11.6 Å². The Labute approximate surface area is 95.8 Å². The van der Waals surface area contributed by atoms with Crippen LogP contribution in [0.4, 0.5) is 0 Å². The summed E-state index contributed by atoms with van der Waals surface area (Å²) >= 11 is 0. The molecule has 1 N–H and O–H groups in total.